The van der Waals surface area contributed by atoms with Gasteiger partial charge in [-0.3, -0.25) is 0 Å². The van der Waals surface area contributed by atoms with Crippen LogP contribution >= 0.6 is 0 Å². The number of rotatable bonds is 2. The highest BCUT2D eigenvalue weighted by atomic mass is 19.1. The molecule has 3 N–H and O–H groups in total. The summed E-state index contributed by atoms with van der Waals surface area (Å²) in [7, 11) is 0. The molecule has 0 bridgehead atoms. The van der Waals surface area contributed by atoms with Crippen molar-refractivity contribution in [3.8, 4) is 5.75 Å². The lowest BCUT2D eigenvalue weighted by molar-refractivity contribution is 0.0824. The maximum atomic E-state index is 14.3. The lowest BCUT2D eigenvalue weighted by Gasteiger charge is -2.33. The largest absolute Gasteiger partial charge is 0.487 e. The quantitative estimate of drug-likeness (QED) is 0.850. The van der Waals surface area contributed by atoms with E-state index in [0.717, 1.165) is 6.42 Å². The molecule has 1 aliphatic heterocycles. The summed E-state index contributed by atoms with van der Waals surface area (Å²) < 4.78 is 20.1. The summed E-state index contributed by atoms with van der Waals surface area (Å²) >= 11 is 0. The molecule has 2 unspecified atom stereocenters. The molecular formula is C14H20FNO2. The van der Waals surface area contributed by atoms with E-state index in [4.69, 9.17) is 10.5 Å². The Morgan fingerprint density at radius 2 is 2.11 bits per heavy atom. The fraction of sp³-hybridized carbons (Fsp3) is 0.571. The van der Waals surface area contributed by atoms with Gasteiger partial charge < -0.3 is 15.6 Å². The molecule has 0 saturated carbocycles. The molecular weight excluding hydrogens is 233 g/mol. The van der Waals surface area contributed by atoms with Gasteiger partial charge in [0.1, 0.15) is 17.2 Å². The van der Waals surface area contributed by atoms with Crippen LogP contribution in [-0.2, 0) is 6.42 Å². The first kappa shape index (κ1) is 13.3. The number of fused-ring (bicyclic) bond motifs is 1. The number of hydrogen-bond donors (Lipinski definition) is 2. The van der Waals surface area contributed by atoms with Gasteiger partial charge >= 0.3 is 0 Å². The minimum Gasteiger partial charge on any atom is -0.487 e. The van der Waals surface area contributed by atoms with E-state index in [2.05, 4.69) is 0 Å². The average molecular weight is 253 g/mol. The summed E-state index contributed by atoms with van der Waals surface area (Å²) in [6.07, 6.45) is 0.396. The number of benzene rings is 1. The van der Waals surface area contributed by atoms with Gasteiger partial charge in [-0.15, -0.1) is 0 Å². The van der Waals surface area contributed by atoms with E-state index in [1.165, 1.54) is 0 Å². The summed E-state index contributed by atoms with van der Waals surface area (Å²) in [5.74, 6) is 0.192. The number of nitrogens with two attached hydrogens (primary N) is 1. The van der Waals surface area contributed by atoms with Gasteiger partial charge in [0.05, 0.1) is 6.10 Å². The van der Waals surface area contributed by atoms with Gasteiger partial charge in [0.25, 0.3) is 0 Å². The maximum Gasteiger partial charge on any atom is 0.135 e. The van der Waals surface area contributed by atoms with Crippen molar-refractivity contribution in [2.24, 2.45) is 5.73 Å². The van der Waals surface area contributed by atoms with Crippen LogP contribution in [0.4, 0.5) is 4.39 Å². The molecule has 4 heteroatoms. The van der Waals surface area contributed by atoms with Crippen LogP contribution in [0.25, 0.3) is 0 Å². The normalized spacial score (nSPS) is 20.8. The van der Waals surface area contributed by atoms with E-state index in [1.54, 1.807) is 19.1 Å². The molecule has 0 amide bonds. The second-order valence-corrected chi connectivity index (χ2v) is 5.61. The molecule has 1 heterocycles. The van der Waals surface area contributed by atoms with Crippen molar-refractivity contribution in [1.82, 2.24) is 0 Å². The Balaban J connectivity index is 2.40. The first-order valence-corrected chi connectivity index (χ1v) is 6.26. The molecule has 0 spiro atoms. The molecule has 2 atom stereocenters. The van der Waals surface area contributed by atoms with Crippen LogP contribution in [0.15, 0.2) is 12.1 Å². The molecule has 0 radical (unpaired) electrons. The van der Waals surface area contributed by atoms with Crippen molar-refractivity contribution in [3.63, 3.8) is 0 Å². The van der Waals surface area contributed by atoms with Gasteiger partial charge in [-0.05, 0) is 45.7 Å². The van der Waals surface area contributed by atoms with Crippen LogP contribution in [0.2, 0.25) is 0 Å². The van der Waals surface area contributed by atoms with E-state index in [9.17, 15) is 9.50 Å². The van der Waals surface area contributed by atoms with Crippen molar-refractivity contribution in [1.29, 1.82) is 0 Å². The van der Waals surface area contributed by atoms with Gasteiger partial charge in [0.2, 0.25) is 0 Å². The molecule has 0 saturated heterocycles. The second-order valence-electron chi connectivity index (χ2n) is 5.61. The van der Waals surface area contributed by atoms with Gasteiger partial charge in [0.15, 0.2) is 0 Å². The Kier molecular flexibility index (Phi) is 3.34. The predicted octanol–water partition coefficient (Wildman–Crippen LogP) is 2.31. The fourth-order valence-corrected chi connectivity index (χ4v) is 2.24. The Morgan fingerprint density at radius 1 is 1.44 bits per heavy atom. The Labute approximate surface area is 107 Å². The molecule has 100 valence electrons. The van der Waals surface area contributed by atoms with E-state index < -0.39 is 12.1 Å². The number of hydrogen-bond acceptors (Lipinski definition) is 3. The highest BCUT2D eigenvalue weighted by molar-refractivity contribution is 5.42. The van der Waals surface area contributed by atoms with Crippen LogP contribution in [0.3, 0.4) is 0 Å². The van der Waals surface area contributed by atoms with E-state index >= 15 is 0 Å². The molecule has 1 aliphatic rings. The van der Waals surface area contributed by atoms with Crippen molar-refractivity contribution in [2.45, 2.75) is 51.4 Å². The Morgan fingerprint density at radius 3 is 2.72 bits per heavy atom. The summed E-state index contributed by atoms with van der Waals surface area (Å²) in [6.45, 7) is 5.63. The monoisotopic (exact) mass is 253 g/mol. The van der Waals surface area contributed by atoms with Gasteiger partial charge in [0, 0.05) is 17.2 Å². The first-order chi connectivity index (χ1) is 8.32. The van der Waals surface area contributed by atoms with E-state index in [0.29, 0.717) is 17.7 Å². The summed E-state index contributed by atoms with van der Waals surface area (Å²) in [4.78, 5) is 0. The summed E-state index contributed by atoms with van der Waals surface area (Å²) in [5, 5.41) is 9.88. The fourth-order valence-electron chi connectivity index (χ4n) is 2.24. The maximum absolute atomic E-state index is 14.3. The molecule has 0 aliphatic carbocycles. The third-order valence-electron chi connectivity index (χ3n) is 3.41. The summed E-state index contributed by atoms with van der Waals surface area (Å²) in [5.41, 5.74) is 6.15. The zero-order valence-electron chi connectivity index (χ0n) is 11.0. The van der Waals surface area contributed by atoms with Gasteiger partial charge in [-0.1, -0.05) is 0 Å². The van der Waals surface area contributed by atoms with Crippen LogP contribution in [0.5, 0.6) is 5.75 Å². The SMILES string of the molecule is CC(N)C(O)c1ccc2c(c1F)CCC(C)(C)O2. The molecule has 0 fully saturated rings. The number of halogens is 1. The molecule has 0 aromatic heterocycles. The van der Waals surface area contributed by atoms with Crippen LogP contribution in [0.1, 0.15) is 44.4 Å². The number of aliphatic hydroxyl groups excluding tert-OH is 1. The first-order valence-electron chi connectivity index (χ1n) is 6.26. The van der Waals surface area contributed by atoms with Crippen LogP contribution in [-0.4, -0.2) is 16.7 Å². The van der Waals surface area contributed by atoms with Gasteiger partial charge in [-0.25, -0.2) is 4.39 Å². The Hall–Kier alpha value is -1.13. The minimum atomic E-state index is -0.981. The number of ether oxygens (including phenoxy) is 1. The molecule has 18 heavy (non-hydrogen) atoms. The van der Waals surface area contributed by atoms with E-state index in [1.807, 2.05) is 13.8 Å². The number of aliphatic hydroxyl groups is 1. The third-order valence-corrected chi connectivity index (χ3v) is 3.41. The van der Waals surface area contributed by atoms with Crippen LogP contribution < -0.4 is 10.5 Å². The smallest absolute Gasteiger partial charge is 0.135 e. The molecule has 3 nitrogen and oxygen atoms in total. The lowest BCUT2D eigenvalue weighted by atomic mass is 9.91. The standard InChI is InChI=1S/C14H20FNO2/c1-8(16)13(17)10-4-5-11-9(12(10)15)6-7-14(2,3)18-11/h4-5,8,13,17H,6-7,16H2,1-3H3. The second kappa shape index (κ2) is 4.52. The van der Waals surface area contributed by atoms with Crippen molar-refractivity contribution >= 4 is 0 Å². The topological polar surface area (TPSA) is 55.5 Å². The molecule has 1 aromatic carbocycles. The van der Waals surface area contributed by atoms with Crippen LogP contribution in [0, 0.1) is 5.82 Å². The third kappa shape index (κ3) is 2.35. The van der Waals surface area contributed by atoms with E-state index in [-0.39, 0.29) is 17.0 Å². The highest BCUT2D eigenvalue weighted by Crippen LogP contribution is 2.37. The average Bonchev–Trinajstić information content (AvgIpc) is 2.27. The van der Waals surface area contributed by atoms with Crippen molar-refractivity contribution in [2.75, 3.05) is 0 Å². The minimum absolute atomic E-state index is 0.257. The molecule has 1 aromatic rings. The van der Waals surface area contributed by atoms with Gasteiger partial charge in [-0.2, -0.15) is 0 Å². The zero-order valence-corrected chi connectivity index (χ0v) is 11.0. The Bertz CT molecular complexity index is 457. The highest BCUT2D eigenvalue weighted by Gasteiger charge is 2.30. The van der Waals surface area contributed by atoms with Crippen molar-refractivity contribution < 1.29 is 14.2 Å². The zero-order chi connectivity index (χ0) is 13.5. The van der Waals surface area contributed by atoms with Crippen molar-refractivity contribution in [3.05, 3.63) is 29.1 Å². The lowest BCUT2D eigenvalue weighted by Crippen LogP contribution is -2.33. The summed E-state index contributed by atoms with van der Waals surface area (Å²) in [6, 6.07) is 2.78. The molecule has 2 rings (SSSR count). The predicted molar refractivity (Wildman–Crippen MR) is 68.0 cm³/mol.